The van der Waals surface area contributed by atoms with Crippen LogP contribution in [0.5, 0.6) is 11.5 Å². The second-order valence-corrected chi connectivity index (χ2v) is 11.7. The Labute approximate surface area is 209 Å². The molecule has 1 saturated carbocycles. The van der Waals surface area contributed by atoms with Crippen LogP contribution in [0, 0.1) is 19.7 Å². The SMILES string of the molecule is CCS(=O)(=O)Nc1ccc(Oc2c(C)cc(F)cc2C)c(-n2cc(C3(C)CC3)c(=O)c3[nH]ccc32)c1. The first-order valence-electron chi connectivity index (χ1n) is 11.8. The molecule has 2 aromatic heterocycles. The van der Waals surface area contributed by atoms with Gasteiger partial charge < -0.3 is 14.3 Å². The van der Waals surface area contributed by atoms with E-state index in [1.165, 1.54) is 12.1 Å². The van der Waals surface area contributed by atoms with Crippen molar-refractivity contribution in [2.45, 2.75) is 46.0 Å². The third kappa shape index (κ3) is 4.28. The molecule has 2 N–H and O–H groups in total. The lowest BCUT2D eigenvalue weighted by Crippen LogP contribution is -2.20. The fraction of sp³-hybridized carbons (Fsp3) is 0.296. The van der Waals surface area contributed by atoms with Crippen molar-refractivity contribution in [3.05, 3.63) is 81.5 Å². The Kier molecular flexibility index (Phi) is 5.70. The number of hydrogen-bond acceptors (Lipinski definition) is 4. The molecule has 0 spiro atoms. The molecule has 9 heteroatoms. The van der Waals surface area contributed by atoms with Gasteiger partial charge in [0.05, 0.1) is 22.6 Å². The Morgan fingerprint density at radius 1 is 1.14 bits per heavy atom. The molecule has 188 valence electrons. The zero-order valence-corrected chi connectivity index (χ0v) is 21.4. The number of anilines is 1. The summed E-state index contributed by atoms with van der Waals surface area (Å²) in [6.45, 7) is 7.17. The molecule has 1 aliphatic carbocycles. The van der Waals surface area contributed by atoms with Gasteiger partial charge in [-0.25, -0.2) is 12.8 Å². The second kappa shape index (κ2) is 8.51. The van der Waals surface area contributed by atoms with Gasteiger partial charge in [0.1, 0.15) is 17.1 Å². The van der Waals surface area contributed by atoms with Gasteiger partial charge in [-0.05, 0) is 86.6 Å². The lowest BCUT2D eigenvalue weighted by Gasteiger charge is -2.20. The molecule has 36 heavy (non-hydrogen) atoms. The molecule has 0 unspecified atom stereocenters. The van der Waals surface area contributed by atoms with Crippen LogP contribution in [0.3, 0.4) is 0 Å². The summed E-state index contributed by atoms with van der Waals surface area (Å²) in [5, 5.41) is 0. The predicted octanol–water partition coefficient (Wildman–Crippen LogP) is 5.68. The summed E-state index contributed by atoms with van der Waals surface area (Å²) < 4.78 is 49.3. The van der Waals surface area contributed by atoms with E-state index in [0.29, 0.717) is 50.6 Å². The summed E-state index contributed by atoms with van der Waals surface area (Å²) >= 11 is 0. The number of aromatic nitrogens is 2. The molecule has 0 bridgehead atoms. The minimum atomic E-state index is -3.52. The number of halogens is 1. The zero-order chi connectivity index (χ0) is 25.8. The number of aromatic amines is 1. The number of sulfonamides is 1. The van der Waals surface area contributed by atoms with E-state index in [0.717, 1.165) is 12.8 Å². The number of nitrogens with one attached hydrogen (secondary N) is 2. The van der Waals surface area contributed by atoms with Gasteiger partial charge in [-0.3, -0.25) is 9.52 Å². The van der Waals surface area contributed by atoms with Crippen molar-refractivity contribution in [3.63, 3.8) is 0 Å². The monoisotopic (exact) mass is 509 g/mol. The van der Waals surface area contributed by atoms with E-state index >= 15 is 0 Å². The van der Waals surface area contributed by atoms with Crippen molar-refractivity contribution in [3.8, 4) is 17.2 Å². The normalized spacial score (nSPS) is 14.7. The van der Waals surface area contributed by atoms with E-state index in [4.69, 9.17) is 4.74 Å². The van der Waals surface area contributed by atoms with Crippen molar-refractivity contribution >= 4 is 26.7 Å². The maximum absolute atomic E-state index is 13.9. The molecule has 0 saturated heterocycles. The van der Waals surface area contributed by atoms with Gasteiger partial charge in [0.15, 0.2) is 5.75 Å². The van der Waals surface area contributed by atoms with Crippen LogP contribution >= 0.6 is 0 Å². The Morgan fingerprint density at radius 3 is 2.47 bits per heavy atom. The fourth-order valence-electron chi connectivity index (χ4n) is 4.50. The predicted molar refractivity (Wildman–Crippen MR) is 140 cm³/mol. The largest absolute Gasteiger partial charge is 0.455 e. The smallest absolute Gasteiger partial charge is 0.232 e. The lowest BCUT2D eigenvalue weighted by molar-refractivity contribution is 0.470. The van der Waals surface area contributed by atoms with Crippen LogP contribution in [-0.2, 0) is 15.4 Å². The minimum absolute atomic E-state index is 0.0400. The Morgan fingerprint density at radius 2 is 1.83 bits per heavy atom. The Balaban J connectivity index is 1.75. The summed E-state index contributed by atoms with van der Waals surface area (Å²) in [7, 11) is -3.52. The number of benzene rings is 2. The number of pyridine rings is 1. The van der Waals surface area contributed by atoms with Crippen LogP contribution in [0.25, 0.3) is 16.7 Å². The molecular weight excluding hydrogens is 481 g/mol. The molecule has 1 aliphatic rings. The summed E-state index contributed by atoms with van der Waals surface area (Å²) in [4.78, 5) is 16.3. The Bertz CT molecular complexity index is 1640. The third-order valence-electron chi connectivity index (χ3n) is 6.87. The van der Waals surface area contributed by atoms with Crippen molar-refractivity contribution in [2.75, 3.05) is 10.5 Å². The first kappa shape index (κ1) is 24.1. The molecule has 0 aliphatic heterocycles. The van der Waals surface area contributed by atoms with Crippen LogP contribution in [0.1, 0.15) is 43.4 Å². The molecule has 7 nitrogen and oxygen atoms in total. The van der Waals surface area contributed by atoms with Crippen LogP contribution < -0.4 is 14.9 Å². The van der Waals surface area contributed by atoms with E-state index in [1.54, 1.807) is 51.2 Å². The van der Waals surface area contributed by atoms with Crippen molar-refractivity contribution in [1.29, 1.82) is 0 Å². The first-order chi connectivity index (χ1) is 17.0. The molecule has 5 rings (SSSR count). The zero-order valence-electron chi connectivity index (χ0n) is 20.6. The van der Waals surface area contributed by atoms with Gasteiger partial charge in [-0.2, -0.15) is 0 Å². The highest BCUT2D eigenvalue weighted by molar-refractivity contribution is 7.92. The fourth-order valence-corrected chi connectivity index (χ4v) is 5.13. The van der Waals surface area contributed by atoms with Crippen molar-refractivity contribution in [2.24, 2.45) is 0 Å². The van der Waals surface area contributed by atoms with Crippen molar-refractivity contribution < 1.29 is 17.5 Å². The highest BCUT2D eigenvalue weighted by atomic mass is 32.2. The maximum Gasteiger partial charge on any atom is 0.232 e. The van der Waals surface area contributed by atoms with Crippen molar-refractivity contribution in [1.82, 2.24) is 9.55 Å². The number of fused-ring (bicyclic) bond motifs is 1. The Hall–Kier alpha value is -3.59. The van der Waals surface area contributed by atoms with Gasteiger partial charge in [0.2, 0.25) is 15.5 Å². The summed E-state index contributed by atoms with van der Waals surface area (Å²) in [5.74, 6) is 0.529. The average Bonchev–Trinajstić information content (AvgIpc) is 3.36. The summed E-state index contributed by atoms with van der Waals surface area (Å²) in [6.07, 6.45) is 5.38. The first-order valence-corrected chi connectivity index (χ1v) is 13.5. The number of H-pyrrole nitrogens is 1. The second-order valence-electron chi connectivity index (χ2n) is 9.70. The lowest BCUT2D eigenvalue weighted by atomic mass is 9.99. The van der Waals surface area contributed by atoms with Gasteiger partial charge >= 0.3 is 0 Å². The van der Waals surface area contributed by atoms with Gasteiger partial charge in [-0.15, -0.1) is 0 Å². The minimum Gasteiger partial charge on any atom is -0.455 e. The van der Waals surface area contributed by atoms with Crippen LogP contribution in [0.2, 0.25) is 0 Å². The number of hydrogen-bond donors (Lipinski definition) is 2. The standard InChI is InChI=1S/C27H28FN3O4S/c1-5-36(33,34)30-19-6-7-23(35-26-16(2)12-18(28)13-17(26)3)22(14-19)31-15-20(27(4)9-10-27)25(32)24-21(31)8-11-29-24/h6-8,11-15,29-30H,5,9-10H2,1-4H3. The third-order valence-corrected chi connectivity index (χ3v) is 8.18. The number of ether oxygens (including phenoxy) is 1. The number of nitrogens with zero attached hydrogens (tertiary/aromatic N) is 1. The summed E-state index contributed by atoms with van der Waals surface area (Å²) in [6, 6.07) is 9.60. The highest BCUT2D eigenvalue weighted by Crippen LogP contribution is 2.47. The van der Waals surface area contributed by atoms with Crippen LogP contribution in [0.15, 0.2) is 53.6 Å². The van der Waals surface area contributed by atoms with Gasteiger partial charge in [-0.1, -0.05) is 6.92 Å². The topological polar surface area (TPSA) is 93.2 Å². The van der Waals surface area contributed by atoms with Crippen LogP contribution in [0.4, 0.5) is 10.1 Å². The molecular formula is C27H28FN3O4S. The molecule has 0 amide bonds. The number of rotatable bonds is 7. The molecule has 1 fully saturated rings. The highest BCUT2D eigenvalue weighted by Gasteiger charge is 2.42. The van der Waals surface area contributed by atoms with E-state index in [9.17, 15) is 17.6 Å². The maximum atomic E-state index is 13.9. The van der Waals surface area contributed by atoms with E-state index < -0.39 is 10.0 Å². The summed E-state index contributed by atoms with van der Waals surface area (Å²) in [5.41, 5.74) is 3.74. The van der Waals surface area contributed by atoms with E-state index in [2.05, 4.69) is 16.6 Å². The number of aryl methyl sites for hydroxylation is 2. The van der Waals surface area contributed by atoms with E-state index in [-0.39, 0.29) is 22.4 Å². The molecule has 2 heterocycles. The molecule has 0 atom stereocenters. The molecule has 2 aromatic carbocycles. The average molecular weight is 510 g/mol. The van der Waals surface area contributed by atoms with Crippen LogP contribution in [-0.4, -0.2) is 23.7 Å². The molecule has 4 aromatic rings. The quantitative estimate of drug-likeness (QED) is 0.335. The van der Waals surface area contributed by atoms with E-state index in [1.807, 2.05) is 10.8 Å². The molecule has 0 radical (unpaired) electrons. The van der Waals surface area contributed by atoms with Gasteiger partial charge in [0.25, 0.3) is 0 Å². The van der Waals surface area contributed by atoms with Gasteiger partial charge in [0, 0.05) is 18.0 Å².